The summed E-state index contributed by atoms with van der Waals surface area (Å²) >= 11 is 0. The summed E-state index contributed by atoms with van der Waals surface area (Å²) in [6.07, 6.45) is 2.70. The number of aromatic nitrogens is 4. The second kappa shape index (κ2) is 9.13. The number of rotatable bonds is 7. The molecule has 0 amide bonds. The van der Waals surface area contributed by atoms with E-state index < -0.39 is 0 Å². The molecule has 3 aromatic rings. The molecule has 1 saturated heterocycles. The van der Waals surface area contributed by atoms with E-state index in [9.17, 15) is 9.18 Å². The van der Waals surface area contributed by atoms with Crippen molar-refractivity contribution in [3.8, 4) is 5.69 Å². The van der Waals surface area contributed by atoms with Gasteiger partial charge in [-0.25, -0.2) is 14.1 Å². The fourth-order valence-corrected chi connectivity index (χ4v) is 3.56. The summed E-state index contributed by atoms with van der Waals surface area (Å²) in [5.41, 5.74) is 2.03. The van der Waals surface area contributed by atoms with Crippen LogP contribution in [0.2, 0.25) is 0 Å². The summed E-state index contributed by atoms with van der Waals surface area (Å²) in [5.74, 6) is 0.799. The Labute approximate surface area is 175 Å². The van der Waals surface area contributed by atoms with Crippen molar-refractivity contribution in [2.24, 2.45) is 0 Å². The van der Waals surface area contributed by atoms with Crippen LogP contribution in [-0.2, 0) is 17.8 Å². The molecule has 1 aromatic carbocycles. The van der Waals surface area contributed by atoms with E-state index in [2.05, 4.69) is 25.1 Å². The minimum Gasteiger partial charge on any atom is -0.354 e. The molecule has 0 bridgehead atoms. The highest BCUT2D eigenvalue weighted by molar-refractivity contribution is 5.80. The summed E-state index contributed by atoms with van der Waals surface area (Å²) in [6.45, 7) is 5.97. The van der Waals surface area contributed by atoms with Gasteiger partial charge in [-0.2, -0.15) is 0 Å². The monoisotopic (exact) mass is 408 g/mol. The first-order valence-electron chi connectivity index (χ1n) is 10.2. The first kappa shape index (κ1) is 20.2. The molecule has 30 heavy (non-hydrogen) atoms. The fourth-order valence-electron chi connectivity index (χ4n) is 3.56. The standard InChI is InChI=1S/C22H25FN6O/c1-2-19(30)14-17-6-5-9-22(24-17)28-12-10-27(11-13-28)15-18-16-29(26-25-18)21-8-4-3-7-20(21)23/h3-9,16H,2,10-15H2,1H3. The van der Waals surface area contributed by atoms with Crippen molar-refractivity contribution in [3.05, 3.63) is 65.9 Å². The van der Waals surface area contributed by atoms with Gasteiger partial charge in [0.1, 0.15) is 23.1 Å². The number of hydrogen-bond acceptors (Lipinski definition) is 6. The molecule has 8 heteroatoms. The third-order valence-corrected chi connectivity index (χ3v) is 5.29. The summed E-state index contributed by atoms with van der Waals surface area (Å²) < 4.78 is 15.4. The minimum atomic E-state index is -0.321. The van der Waals surface area contributed by atoms with E-state index >= 15 is 0 Å². The average molecular weight is 408 g/mol. The van der Waals surface area contributed by atoms with Crippen LogP contribution in [0.3, 0.4) is 0 Å². The number of Topliss-reactive ketones (excluding diaryl/α,β-unsaturated/α-hetero) is 1. The Morgan fingerprint density at radius 1 is 1.03 bits per heavy atom. The smallest absolute Gasteiger partial charge is 0.148 e. The number of hydrogen-bond donors (Lipinski definition) is 0. The first-order chi connectivity index (χ1) is 14.6. The lowest BCUT2D eigenvalue weighted by Gasteiger charge is -2.35. The molecule has 1 aliphatic heterocycles. The topological polar surface area (TPSA) is 67.2 Å². The Balaban J connectivity index is 1.34. The van der Waals surface area contributed by atoms with E-state index in [4.69, 9.17) is 0 Å². The zero-order valence-electron chi connectivity index (χ0n) is 17.0. The van der Waals surface area contributed by atoms with Gasteiger partial charge in [0.05, 0.1) is 17.6 Å². The van der Waals surface area contributed by atoms with E-state index in [0.717, 1.165) is 43.4 Å². The number of pyridine rings is 1. The van der Waals surface area contributed by atoms with Crippen LogP contribution in [0.1, 0.15) is 24.7 Å². The molecule has 3 heterocycles. The SMILES string of the molecule is CCC(=O)Cc1cccc(N2CCN(Cc3cn(-c4ccccc4F)nn3)CC2)n1. The van der Waals surface area contributed by atoms with Gasteiger partial charge in [0.2, 0.25) is 0 Å². The number of anilines is 1. The van der Waals surface area contributed by atoms with Gasteiger partial charge in [-0.1, -0.05) is 30.3 Å². The Morgan fingerprint density at radius 3 is 2.60 bits per heavy atom. The van der Waals surface area contributed by atoms with Gasteiger partial charge >= 0.3 is 0 Å². The maximum atomic E-state index is 13.9. The molecule has 0 aliphatic carbocycles. The molecule has 0 atom stereocenters. The van der Waals surface area contributed by atoms with Gasteiger partial charge in [0.15, 0.2) is 0 Å². The predicted octanol–water partition coefficient (Wildman–Crippen LogP) is 2.65. The largest absolute Gasteiger partial charge is 0.354 e. The third kappa shape index (κ3) is 4.71. The fraction of sp³-hybridized carbons (Fsp3) is 0.364. The number of benzene rings is 1. The molecule has 4 rings (SSSR count). The highest BCUT2D eigenvalue weighted by Crippen LogP contribution is 2.17. The van der Waals surface area contributed by atoms with Crippen molar-refractivity contribution in [3.63, 3.8) is 0 Å². The summed E-state index contributed by atoms with van der Waals surface area (Å²) in [5, 5.41) is 8.27. The number of nitrogens with zero attached hydrogens (tertiary/aromatic N) is 6. The zero-order valence-corrected chi connectivity index (χ0v) is 17.0. The van der Waals surface area contributed by atoms with Crippen LogP contribution >= 0.6 is 0 Å². The molecule has 7 nitrogen and oxygen atoms in total. The lowest BCUT2D eigenvalue weighted by Crippen LogP contribution is -2.46. The maximum Gasteiger partial charge on any atom is 0.148 e. The van der Waals surface area contributed by atoms with Crippen LogP contribution in [0.15, 0.2) is 48.7 Å². The molecule has 0 unspecified atom stereocenters. The molecular formula is C22H25FN6O. The summed E-state index contributed by atoms with van der Waals surface area (Å²) in [4.78, 5) is 20.9. The van der Waals surface area contributed by atoms with Crippen molar-refractivity contribution < 1.29 is 9.18 Å². The number of piperazine rings is 1. The third-order valence-electron chi connectivity index (χ3n) is 5.29. The Morgan fingerprint density at radius 2 is 1.83 bits per heavy atom. The van der Waals surface area contributed by atoms with Crippen molar-refractivity contribution in [2.45, 2.75) is 26.3 Å². The van der Waals surface area contributed by atoms with Crippen molar-refractivity contribution in [1.82, 2.24) is 24.9 Å². The molecule has 156 valence electrons. The van der Waals surface area contributed by atoms with Crippen molar-refractivity contribution in [2.75, 3.05) is 31.1 Å². The zero-order chi connectivity index (χ0) is 20.9. The average Bonchev–Trinajstić information content (AvgIpc) is 3.23. The molecule has 1 aliphatic rings. The van der Waals surface area contributed by atoms with Crippen LogP contribution in [0, 0.1) is 5.82 Å². The molecule has 2 aromatic heterocycles. The van der Waals surface area contributed by atoms with E-state index in [1.165, 1.54) is 10.7 Å². The lowest BCUT2D eigenvalue weighted by molar-refractivity contribution is -0.118. The van der Waals surface area contributed by atoms with E-state index in [1.807, 2.05) is 25.1 Å². The molecule has 1 fully saturated rings. The number of halogens is 1. The van der Waals surface area contributed by atoms with E-state index in [1.54, 1.807) is 24.4 Å². The number of para-hydroxylation sites is 1. The van der Waals surface area contributed by atoms with Gasteiger partial charge in [0.25, 0.3) is 0 Å². The number of ketones is 1. The Bertz CT molecular complexity index is 1010. The van der Waals surface area contributed by atoms with Crippen molar-refractivity contribution in [1.29, 1.82) is 0 Å². The van der Waals surface area contributed by atoms with Gasteiger partial charge in [-0.05, 0) is 24.3 Å². The molecule has 0 N–H and O–H groups in total. The second-order valence-corrected chi connectivity index (χ2v) is 7.43. The highest BCUT2D eigenvalue weighted by atomic mass is 19.1. The summed E-state index contributed by atoms with van der Waals surface area (Å²) in [6, 6.07) is 12.4. The van der Waals surface area contributed by atoms with E-state index in [-0.39, 0.29) is 11.6 Å². The van der Waals surface area contributed by atoms with Crippen LogP contribution in [0.25, 0.3) is 5.69 Å². The van der Waals surface area contributed by atoms with Crippen LogP contribution in [-0.4, -0.2) is 56.8 Å². The molecule has 0 saturated carbocycles. The number of carbonyl (C=O) groups excluding carboxylic acids is 1. The van der Waals surface area contributed by atoms with Crippen molar-refractivity contribution >= 4 is 11.6 Å². The molecular weight excluding hydrogens is 383 g/mol. The minimum absolute atomic E-state index is 0.202. The van der Waals surface area contributed by atoms with E-state index in [0.29, 0.717) is 25.1 Å². The lowest BCUT2D eigenvalue weighted by atomic mass is 10.1. The van der Waals surface area contributed by atoms with Gasteiger partial charge in [-0.15, -0.1) is 5.10 Å². The number of carbonyl (C=O) groups is 1. The predicted molar refractivity (Wildman–Crippen MR) is 112 cm³/mol. The highest BCUT2D eigenvalue weighted by Gasteiger charge is 2.20. The van der Waals surface area contributed by atoms with Crippen LogP contribution < -0.4 is 4.90 Å². The van der Waals surface area contributed by atoms with Crippen LogP contribution in [0.4, 0.5) is 10.2 Å². The first-order valence-corrected chi connectivity index (χ1v) is 10.2. The van der Waals surface area contributed by atoms with Gasteiger partial charge < -0.3 is 4.90 Å². The molecule has 0 radical (unpaired) electrons. The maximum absolute atomic E-state index is 13.9. The Hall–Kier alpha value is -3.13. The molecule has 0 spiro atoms. The normalized spacial score (nSPS) is 14.8. The summed E-state index contributed by atoms with van der Waals surface area (Å²) in [7, 11) is 0. The van der Waals surface area contributed by atoms with Gasteiger partial charge in [-0.3, -0.25) is 9.69 Å². The Kier molecular flexibility index (Phi) is 6.13. The van der Waals surface area contributed by atoms with Crippen LogP contribution in [0.5, 0.6) is 0 Å². The quantitative estimate of drug-likeness (QED) is 0.599. The van der Waals surface area contributed by atoms with Gasteiger partial charge in [0, 0.05) is 45.6 Å². The second-order valence-electron chi connectivity index (χ2n) is 7.43.